The second-order valence-electron chi connectivity index (χ2n) is 5.38. The van der Waals surface area contributed by atoms with Gasteiger partial charge in [0.1, 0.15) is 11.6 Å². The van der Waals surface area contributed by atoms with Gasteiger partial charge in [-0.05, 0) is 18.9 Å². The SMILES string of the molecule is CC[C@@H](C(=O)OCc1cc(=O)n2nc(C)sc2n1)c1ccccc1. The molecule has 0 aliphatic rings. The number of ether oxygens (including phenoxy) is 1. The van der Waals surface area contributed by atoms with Crippen molar-refractivity contribution >= 4 is 22.3 Å². The highest BCUT2D eigenvalue weighted by Gasteiger charge is 2.20. The summed E-state index contributed by atoms with van der Waals surface area (Å²) in [5.74, 6) is -0.632. The molecule has 0 aliphatic carbocycles. The molecule has 0 unspecified atom stereocenters. The molecular weight excluding hydrogens is 326 g/mol. The minimum atomic E-state index is -0.318. The number of benzene rings is 1. The molecule has 1 atom stereocenters. The van der Waals surface area contributed by atoms with Gasteiger partial charge >= 0.3 is 5.97 Å². The van der Waals surface area contributed by atoms with E-state index < -0.39 is 0 Å². The van der Waals surface area contributed by atoms with Gasteiger partial charge in [-0.2, -0.15) is 9.61 Å². The van der Waals surface area contributed by atoms with Crippen LogP contribution in [0.3, 0.4) is 0 Å². The molecule has 124 valence electrons. The molecule has 0 saturated heterocycles. The van der Waals surface area contributed by atoms with Crippen molar-refractivity contribution in [2.45, 2.75) is 32.8 Å². The number of carbonyl (C=O) groups is 1. The van der Waals surface area contributed by atoms with Crippen molar-refractivity contribution in [3.63, 3.8) is 0 Å². The van der Waals surface area contributed by atoms with Crippen molar-refractivity contribution in [2.24, 2.45) is 0 Å². The summed E-state index contributed by atoms with van der Waals surface area (Å²) in [5, 5.41) is 4.84. The Hall–Kier alpha value is -2.54. The molecule has 0 spiro atoms. The minimum Gasteiger partial charge on any atom is -0.459 e. The van der Waals surface area contributed by atoms with Crippen LogP contribution >= 0.6 is 11.3 Å². The van der Waals surface area contributed by atoms with E-state index in [-0.39, 0.29) is 24.1 Å². The highest BCUT2D eigenvalue weighted by atomic mass is 32.1. The Labute approximate surface area is 142 Å². The van der Waals surface area contributed by atoms with Crippen molar-refractivity contribution in [3.8, 4) is 0 Å². The number of esters is 1. The van der Waals surface area contributed by atoms with E-state index in [1.807, 2.05) is 44.2 Å². The monoisotopic (exact) mass is 343 g/mol. The average molecular weight is 343 g/mol. The van der Waals surface area contributed by atoms with Crippen molar-refractivity contribution in [3.05, 3.63) is 63.0 Å². The standard InChI is InChI=1S/C17H17N3O3S/c1-3-14(12-7-5-4-6-8-12)16(22)23-10-13-9-15(21)20-17(18-13)24-11(2)19-20/h4-9,14H,3,10H2,1-2H3/t14-/m1/s1. The van der Waals surface area contributed by atoms with Crippen LogP contribution in [0, 0.1) is 6.92 Å². The molecule has 0 bridgehead atoms. The van der Waals surface area contributed by atoms with E-state index in [4.69, 9.17) is 4.74 Å². The molecular formula is C17H17N3O3S. The Morgan fingerprint density at radius 2 is 2.08 bits per heavy atom. The van der Waals surface area contributed by atoms with Crippen LogP contribution in [-0.2, 0) is 16.1 Å². The lowest BCUT2D eigenvalue weighted by Gasteiger charge is -2.14. The molecule has 3 aromatic rings. The van der Waals surface area contributed by atoms with Crippen LogP contribution in [-0.4, -0.2) is 20.6 Å². The van der Waals surface area contributed by atoms with E-state index in [0.29, 0.717) is 17.1 Å². The number of aromatic nitrogens is 3. The lowest BCUT2D eigenvalue weighted by Crippen LogP contribution is -2.18. The third kappa shape index (κ3) is 3.35. The second-order valence-corrected chi connectivity index (χ2v) is 6.54. The molecule has 6 nitrogen and oxygen atoms in total. The van der Waals surface area contributed by atoms with E-state index in [1.54, 1.807) is 0 Å². The van der Waals surface area contributed by atoms with Gasteiger partial charge in [0.2, 0.25) is 4.96 Å². The van der Waals surface area contributed by atoms with Crippen LogP contribution in [0.1, 0.15) is 35.5 Å². The van der Waals surface area contributed by atoms with Crippen LogP contribution < -0.4 is 5.56 Å². The fraction of sp³-hybridized carbons (Fsp3) is 0.294. The van der Waals surface area contributed by atoms with E-state index in [2.05, 4.69) is 10.1 Å². The number of aryl methyl sites for hydroxylation is 1. The maximum absolute atomic E-state index is 12.4. The quantitative estimate of drug-likeness (QED) is 0.666. The van der Waals surface area contributed by atoms with Gasteiger partial charge in [0.05, 0.1) is 11.6 Å². The first kappa shape index (κ1) is 16.3. The first-order chi connectivity index (χ1) is 11.6. The molecule has 0 fully saturated rings. The number of fused-ring (bicyclic) bond motifs is 1. The zero-order valence-corrected chi connectivity index (χ0v) is 14.2. The summed E-state index contributed by atoms with van der Waals surface area (Å²) in [7, 11) is 0. The Balaban J connectivity index is 1.75. The van der Waals surface area contributed by atoms with Gasteiger partial charge < -0.3 is 4.74 Å². The van der Waals surface area contributed by atoms with Crippen molar-refractivity contribution in [1.29, 1.82) is 0 Å². The lowest BCUT2D eigenvalue weighted by molar-refractivity contribution is -0.147. The highest BCUT2D eigenvalue weighted by molar-refractivity contribution is 7.16. The molecule has 2 aromatic heterocycles. The number of carbonyl (C=O) groups excluding carboxylic acids is 1. The molecule has 0 aliphatic heterocycles. The van der Waals surface area contributed by atoms with Crippen molar-refractivity contribution in [1.82, 2.24) is 14.6 Å². The maximum Gasteiger partial charge on any atom is 0.313 e. The van der Waals surface area contributed by atoms with Crippen LogP contribution in [0.4, 0.5) is 0 Å². The summed E-state index contributed by atoms with van der Waals surface area (Å²) in [5.41, 5.74) is 1.08. The summed E-state index contributed by atoms with van der Waals surface area (Å²) >= 11 is 1.32. The average Bonchev–Trinajstić information content (AvgIpc) is 2.95. The topological polar surface area (TPSA) is 73.6 Å². The summed E-state index contributed by atoms with van der Waals surface area (Å²) < 4.78 is 6.63. The maximum atomic E-state index is 12.4. The van der Waals surface area contributed by atoms with E-state index in [1.165, 1.54) is 21.9 Å². The molecule has 2 heterocycles. The van der Waals surface area contributed by atoms with Gasteiger partial charge in [-0.15, -0.1) is 0 Å². The van der Waals surface area contributed by atoms with Gasteiger partial charge in [-0.1, -0.05) is 48.6 Å². The fourth-order valence-corrected chi connectivity index (χ4v) is 3.26. The smallest absolute Gasteiger partial charge is 0.313 e. The van der Waals surface area contributed by atoms with Crippen LogP contribution in [0.15, 0.2) is 41.2 Å². The Kier molecular flexibility index (Phi) is 4.71. The number of hydrogen-bond acceptors (Lipinski definition) is 6. The first-order valence-corrected chi connectivity index (χ1v) is 8.48. The van der Waals surface area contributed by atoms with Gasteiger partial charge in [-0.3, -0.25) is 9.59 Å². The summed E-state index contributed by atoms with van der Waals surface area (Å²) in [6.45, 7) is 3.73. The molecule has 0 N–H and O–H groups in total. The number of nitrogens with zero attached hydrogens (tertiary/aromatic N) is 3. The largest absolute Gasteiger partial charge is 0.459 e. The molecule has 0 saturated carbocycles. The van der Waals surface area contributed by atoms with Crippen molar-refractivity contribution in [2.75, 3.05) is 0 Å². The lowest BCUT2D eigenvalue weighted by atomic mass is 9.97. The zero-order chi connectivity index (χ0) is 17.1. The molecule has 0 amide bonds. The van der Waals surface area contributed by atoms with Crippen LogP contribution in [0.25, 0.3) is 4.96 Å². The van der Waals surface area contributed by atoms with Gasteiger partial charge in [0.15, 0.2) is 0 Å². The third-order valence-electron chi connectivity index (χ3n) is 3.66. The second kappa shape index (κ2) is 6.92. The summed E-state index contributed by atoms with van der Waals surface area (Å²) in [4.78, 5) is 29.2. The predicted octanol–water partition coefficient (Wildman–Crippen LogP) is 2.70. The molecule has 1 aromatic carbocycles. The third-order valence-corrected chi connectivity index (χ3v) is 4.48. The van der Waals surface area contributed by atoms with E-state index in [0.717, 1.165) is 10.6 Å². The highest BCUT2D eigenvalue weighted by Crippen LogP contribution is 2.21. The van der Waals surface area contributed by atoms with E-state index in [9.17, 15) is 9.59 Å². The van der Waals surface area contributed by atoms with Gasteiger partial charge in [-0.25, -0.2) is 4.98 Å². The van der Waals surface area contributed by atoms with Crippen LogP contribution in [0.5, 0.6) is 0 Å². The van der Waals surface area contributed by atoms with Gasteiger partial charge in [0, 0.05) is 6.07 Å². The Morgan fingerprint density at radius 3 is 2.79 bits per heavy atom. The van der Waals surface area contributed by atoms with Crippen molar-refractivity contribution < 1.29 is 9.53 Å². The minimum absolute atomic E-state index is 0.0230. The summed E-state index contributed by atoms with van der Waals surface area (Å²) in [6.07, 6.45) is 0.645. The van der Waals surface area contributed by atoms with E-state index >= 15 is 0 Å². The number of hydrogen-bond donors (Lipinski definition) is 0. The molecule has 24 heavy (non-hydrogen) atoms. The molecule has 0 radical (unpaired) electrons. The predicted molar refractivity (Wildman–Crippen MR) is 91.1 cm³/mol. The Morgan fingerprint density at radius 1 is 1.33 bits per heavy atom. The first-order valence-electron chi connectivity index (χ1n) is 7.66. The Bertz CT molecular complexity index is 918. The molecule has 7 heteroatoms. The number of rotatable bonds is 5. The fourth-order valence-electron chi connectivity index (χ4n) is 2.50. The van der Waals surface area contributed by atoms with Gasteiger partial charge in [0.25, 0.3) is 5.56 Å². The van der Waals surface area contributed by atoms with Crippen LogP contribution in [0.2, 0.25) is 0 Å². The molecule has 3 rings (SSSR count). The summed E-state index contributed by atoms with van der Waals surface area (Å²) in [6, 6.07) is 10.9. The normalized spacial score (nSPS) is 12.2. The zero-order valence-electron chi connectivity index (χ0n) is 13.4.